The molecule has 0 heterocycles. The number of hydrogen-bond acceptors (Lipinski definition) is 5. The van der Waals surface area contributed by atoms with Crippen molar-refractivity contribution in [3.05, 3.63) is 90.0 Å². The van der Waals surface area contributed by atoms with Gasteiger partial charge in [0.2, 0.25) is 0 Å². The summed E-state index contributed by atoms with van der Waals surface area (Å²) in [6.45, 7) is -0.00927. The molecule has 0 aliphatic carbocycles. The van der Waals surface area contributed by atoms with Crippen LogP contribution in [0.25, 0.3) is 0 Å². The minimum Gasteiger partial charge on any atom is -0.496 e. The zero-order valence-corrected chi connectivity index (χ0v) is 18.4. The van der Waals surface area contributed by atoms with E-state index in [1.54, 1.807) is 54.6 Å². The summed E-state index contributed by atoms with van der Waals surface area (Å²) in [4.78, 5) is 24.9. The summed E-state index contributed by atoms with van der Waals surface area (Å²) in [5, 5.41) is 9.29. The number of halogens is 3. The van der Waals surface area contributed by atoms with E-state index in [0.29, 0.717) is 22.6 Å². The summed E-state index contributed by atoms with van der Waals surface area (Å²) in [5.74, 6) is -0.400. The van der Waals surface area contributed by atoms with Gasteiger partial charge in [-0.25, -0.2) is 10.2 Å². The highest BCUT2D eigenvalue weighted by molar-refractivity contribution is 6.06. The number of amides is 3. The highest BCUT2D eigenvalue weighted by Crippen LogP contribution is 2.24. The molecular formula is C24H21F3N4O4. The monoisotopic (exact) mass is 486 g/mol. The van der Waals surface area contributed by atoms with E-state index < -0.39 is 24.1 Å². The Balaban J connectivity index is 1.66. The Bertz CT molecular complexity index is 1180. The summed E-state index contributed by atoms with van der Waals surface area (Å²) >= 11 is 0. The standard InChI is InChI=1S/C24H21F3N4O4/c1-34-21-10-6-5-9-19(21)22(32)28-15-20(16-7-3-2-4-8-16)30-31-23(33)29-17-11-13-18(14-12-17)35-24(25,26)27/h2-14H,15H2,1H3,(H,28,32)(H2,29,31,33)/b30-20-. The normalized spacial score (nSPS) is 11.4. The highest BCUT2D eigenvalue weighted by atomic mass is 19.4. The van der Waals surface area contributed by atoms with Crippen molar-refractivity contribution in [1.82, 2.24) is 10.7 Å². The van der Waals surface area contributed by atoms with E-state index in [1.165, 1.54) is 19.2 Å². The number of ether oxygens (including phenoxy) is 2. The van der Waals surface area contributed by atoms with E-state index in [4.69, 9.17) is 4.74 Å². The maximum atomic E-state index is 12.6. The maximum Gasteiger partial charge on any atom is 0.573 e. The number of benzene rings is 3. The highest BCUT2D eigenvalue weighted by Gasteiger charge is 2.31. The molecule has 0 aliphatic rings. The first-order valence-electron chi connectivity index (χ1n) is 10.2. The summed E-state index contributed by atoms with van der Waals surface area (Å²) in [5.41, 5.74) is 3.89. The fourth-order valence-electron chi connectivity index (χ4n) is 2.95. The van der Waals surface area contributed by atoms with Crippen LogP contribution in [0.3, 0.4) is 0 Å². The number of urea groups is 1. The molecule has 0 saturated heterocycles. The van der Waals surface area contributed by atoms with Gasteiger partial charge in [0, 0.05) is 5.69 Å². The van der Waals surface area contributed by atoms with Gasteiger partial charge in [-0.1, -0.05) is 42.5 Å². The van der Waals surface area contributed by atoms with Gasteiger partial charge < -0.3 is 20.1 Å². The number of hydrazone groups is 1. The van der Waals surface area contributed by atoms with Crippen molar-refractivity contribution in [3.8, 4) is 11.5 Å². The predicted molar refractivity (Wildman–Crippen MR) is 124 cm³/mol. The molecule has 0 atom stereocenters. The minimum absolute atomic E-state index is 0.00927. The third-order valence-electron chi connectivity index (χ3n) is 4.51. The zero-order chi connectivity index (χ0) is 25.3. The van der Waals surface area contributed by atoms with E-state index in [0.717, 1.165) is 12.1 Å². The molecule has 3 amide bonds. The van der Waals surface area contributed by atoms with Gasteiger partial charge in [-0.05, 0) is 42.0 Å². The van der Waals surface area contributed by atoms with Crippen LogP contribution in [-0.4, -0.2) is 37.7 Å². The molecule has 35 heavy (non-hydrogen) atoms. The summed E-state index contributed by atoms with van der Waals surface area (Å²) < 4.78 is 45.8. The van der Waals surface area contributed by atoms with E-state index in [-0.39, 0.29) is 12.2 Å². The van der Waals surface area contributed by atoms with Crippen LogP contribution in [0.4, 0.5) is 23.7 Å². The van der Waals surface area contributed by atoms with Gasteiger partial charge in [0.05, 0.1) is 24.9 Å². The molecule has 0 aliphatic heterocycles. The molecule has 8 nitrogen and oxygen atoms in total. The lowest BCUT2D eigenvalue weighted by atomic mass is 10.1. The Kier molecular flexibility index (Phi) is 8.28. The number of para-hydroxylation sites is 1. The van der Waals surface area contributed by atoms with Gasteiger partial charge in [-0.15, -0.1) is 13.2 Å². The molecule has 0 aromatic heterocycles. The third-order valence-corrected chi connectivity index (χ3v) is 4.51. The average Bonchev–Trinajstić information content (AvgIpc) is 2.84. The maximum absolute atomic E-state index is 12.6. The Morgan fingerprint density at radius 1 is 0.914 bits per heavy atom. The average molecular weight is 486 g/mol. The molecule has 0 spiro atoms. The number of methoxy groups -OCH3 is 1. The SMILES string of the molecule is COc1ccccc1C(=O)NC/C(=N/NC(=O)Nc1ccc(OC(F)(F)F)cc1)c1ccccc1. The topological polar surface area (TPSA) is 101 Å². The van der Waals surface area contributed by atoms with Gasteiger partial charge in [0.25, 0.3) is 5.91 Å². The second-order valence-corrected chi connectivity index (χ2v) is 6.95. The molecule has 0 unspecified atom stereocenters. The van der Waals surface area contributed by atoms with Crippen LogP contribution in [-0.2, 0) is 0 Å². The van der Waals surface area contributed by atoms with Crippen LogP contribution >= 0.6 is 0 Å². The molecular weight excluding hydrogens is 465 g/mol. The smallest absolute Gasteiger partial charge is 0.496 e. The van der Waals surface area contributed by atoms with E-state index in [1.807, 2.05) is 0 Å². The van der Waals surface area contributed by atoms with E-state index in [2.05, 4.69) is 25.9 Å². The second kappa shape index (κ2) is 11.5. The van der Waals surface area contributed by atoms with Crippen molar-refractivity contribution in [3.63, 3.8) is 0 Å². The molecule has 0 fully saturated rings. The van der Waals surface area contributed by atoms with Crippen molar-refractivity contribution < 1.29 is 32.2 Å². The summed E-state index contributed by atoms with van der Waals surface area (Å²) in [7, 11) is 1.46. The van der Waals surface area contributed by atoms with Crippen LogP contribution in [0.15, 0.2) is 84.0 Å². The van der Waals surface area contributed by atoms with E-state index >= 15 is 0 Å². The fourth-order valence-corrected chi connectivity index (χ4v) is 2.95. The number of rotatable bonds is 8. The molecule has 3 N–H and O–H groups in total. The second-order valence-electron chi connectivity index (χ2n) is 6.95. The van der Waals surface area contributed by atoms with Gasteiger partial charge in [-0.3, -0.25) is 4.79 Å². The molecule has 11 heteroatoms. The molecule has 3 rings (SSSR count). The van der Waals surface area contributed by atoms with Gasteiger partial charge in [-0.2, -0.15) is 5.10 Å². The Morgan fingerprint density at radius 2 is 1.57 bits per heavy atom. The first kappa shape index (κ1) is 25.1. The third kappa shape index (κ3) is 7.77. The minimum atomic E-state index is -4.81. The van der Waals surface area contributed by atoms with Crippen LogP contribution in [0.5, 0.6) is 11.5 Å². The Morgan fingerprint density at radius 3 is 2.23 bits per heavy atom. The first-order chi connectivity index (χ1) is 16.7. The Labute approximate surface area is 198 Å². The zero-order valence-electron chi connectivity index (χ0n) is 18.4. The van der Waals surface area contributed by atoms with Crippen molar-refractivity contribution in [2.75, 3.05) is 19.0 Å². The van der Waals surface area contributed by atoms with Crippen molar-refractivity contribution >= 4 is 23.3 Å². The predicted octanol–water partition coefficient (Wildman–Crippen LogP) is 4.55. The largest absolute Gasteiger partial charge is 0.573 e. The fraction of sp³-hybridized carbons (Fsp3) is 0.125. The lowest BCUT2D eigenvalue weighted by molar-refractivity contribution is -0.274. The number of anilines is 1. The number of nitrogens with one attached hydrogen (secondary N) is 3. The quantitative estimate of drug-likeness (QED) is 0.321. The summed E-state index contributed by atoms with van der Waals surface area (Å²) in [6, 6.07) is 19.5. The van der Waals surface area contributed by atoms with Crippen LogP contribution < -0.4 is 25.5 Å². The molecule has 182 valence electrons. The molecule has 3 aromatic carbocycles. The molecule has 0 bridgehead atoms. The number of carbonyl (C=O) groups excluding carboxylic acids is 2. The van der Waals surface area contributed by atoms with Crippen LogP contribution in [0.1, 0.15) is 15.9 Å². The lowest BCUT2D eigenvalue weighted by Gasteiger charge is -2.12. The lowest BCUT2D eigenvalue weighted by Crippen LogP contribution is -2.33. The number of hydrogen-bond donors (Lipinski definition) is 3. The van der Waals surface area contributed by atoms with Crippen LogP contribution in [0.2, 0.25) is 0 Å². The summed E-state index contributed by atoms with van der Waals surface area (Å²) in [6.07, 6.45) is -4.81. The van der Waals surface area contributed by atoms with Gasteiger partial charge in [0.15, 0.2) is 0 Å². The molecule has 0 radical (unpaired) electrons. The first-order valence-corrected chi connectivity index (χ1v) is 10.2. The van der Waals surface area contributed by atoms with Gasteiger partial charge in [0.1, 0.15) is 11.5 Å². The Hall–Kier alpha value is -4.54. The van der Waals surface area contributed by atoms with Crippen molar-refractivity contribution in [2.24, 2.45) is 5.10 Å². The van der Waals surface area contributed by atoms with Crippen molar-refractivity contribution in [1.29, 1.82) is 0 Å². The number of carbonyl (C=O) groups is 2. The number of alkyl halides is 3. The van der Waals surface area contributed by atoms with Crippen molar-refractivity contribution in [2.45, 2.75) is 6.36 Å². The van der Waals surface area contributed by atoms with Gasteiger partial charge >= 0.3 is 12.4 Å². The van der Waals surface area contributed by atoms with E-state index in [9.17, 15) is 22.8 Å². The van der Waals surface area contributed by atoms with Crippen LogP contribution in [0, 0.1) is 0 Å². The molecule has 3 aromatic rings. The molecule has 0 saturated carbocycles. The number of nitrogens with zero attached hydrogens (tertiary/aromatic N) is 1.